The topological polar surface area (TPSA) is 85.3 Å². The molecule has 0 radical (unpaired) electrons. The van der Waals surface area contributed by atoms with Crippen LogP contribution in [0.3, 0.4) is 0 Å². The average molecular weight is 468 g/mol. The molecule has 1 atom stereocenters. The number of hydrogen-bond acceptors (Lipinski definition) is 4. The molecule has 5 nitrogen and oxygen atoms in total. The number of nitrogens with zero attached hydrogens (tertiary/aromatic N) is 1. The molecular formula is C24H15F3N2O3S. The summed E-state index contributed by atoms with van der Waals surface area (Å²) in [4.78, 5) is 24.7. The van der Waals surface area contributed by atoms with E-state index in [1.165, 1.54) is 16.7 Å². The smallest absolute Gasteiger partial charge is 0.342 e. The second-order valence-electron chi connectivity index (χ2n) is 7.57. The van der Waals surface area contributed by atoms with Gasteiger partial charge >= 0.3 is 5.97 Å². The predicted molar refractivity (Wildman–Crippen MR) is 119 cm³/mol. The zero-order valence-electron chi connectivity index (χ0n) is 16.8. The Labute approximate surface area is 189 Å². The molecule has 1 aliphatic rings. The summed E-state index contributed by atoms with van der Waals surface area (Å²) in [5.41, 5.74) is 6.25. The SMILES string of the molecule is NCc1ccc(-c2cc3c(cc2F)c(=O)c(C(=O)O)c2n3C(c3ccc(F)cc3F)S2)cc1. The van der Waals surface area contributed by atoms with E-state index < -0.39 is 39.8 Å². The fourth-order valence-electron chi connectivity index (χ4n) is 4.00. The van der Waals surface area contributed by atoms with Crippen molar-refractivity contribution in [3.8, 4) is 11.1 Å². The van der Waals surface area contributed by atoms with E-state index in [1.54, 1.807) is 24.3 Å². The van der Waals surface area contributed by atoms with E-state index in [1.807, 2.05) is 0 Å². The molecule has 1 aromatic heterocycles. The third-order valence-electron chi connectivity index (χ3n) is 5.65. The summed E-state index contributed by atoms with van der Waals surface area (Å²) in [5, 5.41) is 8.85. The lowest BCUT2D eigenvalue weighted by molar-refractivity contribution is 0.0689. The highest BCUT2D eigenvalue weighted by Gasteiger charge is 2.37. The second kappa shape index (κ2) is 7.79. The molecule has 5 rings (SSSR count). The van der Waals surface area contributed by atoms with Gasteiger partial charge in [0.15, 0.2) is 0 Å². The van der Waals surface area contributed by atoms with Gasteiger partial charge in [0.05, 0.1) is 10.5 Å². The van der Waals surface area contributed by atoms with Crippen molar-refractivity contribution in [2.75, 3.05) is 0 Å². The summed E-state index contributed by atoms with van der Waals surface area (Å²) < 4.78 is 44.5. The number of rotatable bonds is 4. The highest BCUT2D eigenvalue weighted by atomic mass is 32.2. The highest BCUT2D eigenvalue weighted by molar-refractivity contribution is 8.00. The summed E-state index contributed by atoms with van der Waals surface area (Å²) >= 11 is 0.979. The number of nitrogens with two attached hydrogens (primary N) is 1. The first-order valence-corrected chi connectivity index (χ1v) is 10.7. The Morgan fingerprint density at radius 1 is 1.03 bits per heavy atom. The summed E-state index contributed by atoms with van der Waals surface area (Å²) in [6.07, 6.45) is 0. The third kappa shape index (κ3) is 3.32. The van der Waals surface area contributed by atoms with Crippen LogP contribution in [0.2, 0.25) is 0 Å². The van der Waals surface area contributed by atoms with Crippen LogP contribution in [0, 0.1) is 17.5 Å². The van der Waals surface area contributed by atoms with Crippen molar-refractivity contribution in [3.05, 3.63) is 99.0 Å². The number of carbonyl (C=O) groups is 1. The molecule has 1 aliphatic heterocycles. The van der Waals surface area contributed by atoms with Crippen LogP contribution in [0.5, 0.6) is 0 Å². The van der Waals surface area contributed by atoms with Gasteiger partial charge in [-0.05, 0) is 29.3 Å². The first kappa shape index (κ1) is 21.3. The number of aromatic nitrogens is 1. The van der Waals surface area contributed by atoms with Crippen molar-refractivity contribution in [2.45, 2.75) is 16.9 Å². The van der Waals surface area contributed by atoms with E-state index in [0.717, 1.165) is 35.5 Å². The van der Waals surface area contributed by atoms with Gasteiger partial charge in [-0.3, -0.25) is 4.79 Å². The van der Waals surface area contributed by atoms with Gasteiger partial charge in [-0.2, -0.15) is 0 Å². The zero-order chi connectivity index (χ0) is 23.4. The number of aromatic carboxylic acids is 1. The molecule has 0 amide bonds. The number of carboxylic acids is 1. The summed E-state index contributed by atoms with van der Waals surface area (Å²) in [5.74, 6) is -3.71. The number of pyridine rings is 1. The number of carboxylic acid groups (broad SMARTS) is 1. The molecule has 3 N–H and O–H groups in total. The standard InChI is InChI=1S/C24H15F3N2O3S/c25-13-5-6-14(17(26)7-13)22-29-19-9-15(12-3-1-11(10-28)2-4-12)18(27)8-16(19)21(30)20(24(31)32)23(29)33-22/h1-9,22H,10,28H2,(H,31,32). The number of halogens is 3. The lowest BCUT2D eigenvalue weighted by Gasteiger charge is -2.35. The van der Waals surface area contributed by atoms with E-state index in [4.69, 9.17) is 5.73 Å². The Balaban J connectivity index is 1.79. The maximum atomic E-state index is 15.1. The monoisotopic (exact) mass is 468 g/mol. The number of hydrogen-bond donors (Lipinski definition) is 2. The van der Waals surface area contributed by atoms with Crippen LogP contribution >= 0.6 is 11.8 Å². The first-order valence-electron chi connectivity index (χ1n) is 9.86. The third-order valence-corrected chi connectivity index (χ3v) is 6.96. The summed E-state index contributed by atoms with van der Waals surface area (Å²) in [6, 6.07) is 12.5. The highest BCUT2D eigenvalue weighted by Crippen LogP contribution is 2.51. The average Bonchev–Trinajstić information content (AvgIpc) is 2.77. The van der Waals surface area contributed by atoms with Gasteiger partial charge in [0.25, 0.3) is 0 Å². The van der Waals surface area contributed by atoms with Crippen molar-refractivity contribution in [1.29, 1.82) is 0 Å². The molecular weight excluding hydrogens is 453 g/mol. The Morgan fingerprint density at radius 3 is 2.39 bits per heavy atom. The Kier molecular flexibility index (Phi) is 5.02. The maximum absolute atomic E-state index is 15.1. The van der Waals surface area contributed by atoms with Gasteiger partial charge in [0.2, 0.25) is 5.43 Å². The lowest BCUT2D eigenvalue weighted by Crippen LogP contribution is -2.30. The number of fused-ring (bicyclic) bond motifs is 3. The molecule has 1 unspecified atom stereocenters. The van der Waals surface area contributed by atoms with Crippen molar-refractivity contribution >= 4 is 28.6 Å². The van der Waals surface area contributed by atoms with Crippen LogP contribution < -0.4 is 11.2 Å². The van der Waals surface area contributed by atoms with Crippen LogP contribution in [0.4, 0.5) is 13.2 Å². The molecule has 166 valence electrons. The van der Waals surface area contributed by atoms with Gasteiger partial charge in [-0.15, -0.1) is 0 Å². The molecule has 0 aliphatic carbocycles. The van der Waals surface area contributed by atoms with Gasteiger partial charge in [-0.25, -0.2) is 18.0 Å². The molecule has 3 aromatic carbocycles. The van der Waals surface area contributed by atoms with Crippen LogP contribution in [0.25, 0.3) is 22.0 Å². The minimum absolute atomic E-state index is 0.119. The summed E-state index contributed by atoms with van der Waals surface area (Å²) in [7, 11) is 0. The predicted octanol–water partition coefficient (Wildman–Crippen LogP) is 4.90. The molecule has 4 aromatic rings. The molecule has 0 saturated heterocycles. The molecule has 33 heavy (non-hydrogen) atoms. The van der Waals surface area contributed by atoms with Crippen molar-refractivity contribution in [1.82, 2.24) is 4.57 Å². The van der Waals surface area contributed by atoms with Gasteiger partial charge in [0.1, 0.15) is 28.4 Å². The first-order chi connectivity index (χ1) is 15.8. The fourth-order valence-corrected chi connectivity index (χ4v) is 5.31. The maximum Gasteiger partial charge on any atom is 0.342 e. The van der Waals surface area contributed by atoms with Crippen molar-refractivity contribution in [2.24, 2.45) is 5.73 Å². The normalized spacial score (nSPS) is 14.7. The van der Waals surface area contributed by atoms with Gasteiger partial charge in [-0.1, -0.05) is 42.1 Å². The number of benzene rings is 3. The zero-order valence-corrected chi connectivity index (χ0v) is 17.6. The van der Waals surface area contributed by atoms with E-state index in [9.17, 15) is 23.5 Å². The molecule has 0 spiro atoms. The minimum atomic E-state index is -1.46. The minimum Gasteiger partial charge on any atom is -0.477 e. The van der Waals surface area contributed by atoms with Gasteiger partial charge in [0, 0.05) is 29.1 Å². The fraction of sp³-hybridized carbons (Fsp3) is 0.0833. The molecule has 0 fully saturated rings. The van der Waals surface area contributed by atoms with E-state index in [-0.39, 0.29) is 27.1 Å². The molecule has 0 bridgehead atoms. The summed E-state index contributed by atoms with van der Waals surface area (Å²) in [6.45, 7) is 0.323. The molecule has 9 heteroatoms. The Bertz CT molecular complexity index is 1520. The second-order valence-corrected chi connectivity index (χ2v) is 8.64. The van der Waals surface area contributed by atoms with Gasteiger partial charge < -0.3 is 15.4 Å². The van der Waals surface area contributed by atoms with E-state index in [0.29, 0.717) is 12.1 Å². The molecule has 0 saturated carbocycles. The van der Waals surface area contributed by atoms with E-state index >= 15 is 4.39 Å². The Morgan fingerprint density at radius 2 is 1.76 bits per heavy atom. The van der Waals surface area contributed by atoms with Crippen molar-refractivity contribution < 1.29 is 23.1 Å². The quantitative estimate of drug-likeness (QED) is 0.445. The van der Waals surface area contributed by atoms with E-state index in [2.05, 4.69) is 0 Å². The largest absolute Gasteiger partial charge is 0.477 e. The van der Waals surface area contributed by atoms with Crippen molar-refractivity contribution in [3.63, 3.8) is 0 Å². The molecule has 2 heterocycles. The van der Waals surface area contributed by atoms with Crippen LogP contribution in [-0.2, 0) is 6.54 Å². The van der Waals surface area contributed by atoms with Crippen LogP contribution in [0.1, 0.15) is 26.9 Å². The lowest BCUT2D eigenvalue weighted by atomic mass is 10.00. The van der Waals surface area contributed by atoms with Crippen LogP contribution in [0.15, 0.2) is 64.4 Å². The van der Waals surface area contributed by atoms with Crippen LogP contribution in [-0.4, -0.2) is 15.6 Å². The number of thioether (sulfide) groups is 1. The Hall–Kier alpha value is -3.56.